The summed E-state index contributed by atoms with van der Waals surface area (Å²) in [4.78, 5) is 15.3. The van der Waals surface area contributed by atoms with Gasteiger partial charge in [-0.05, 0) is 61.0 Å². The number of nitrogens with zero attached hydrogens (tertiary/aromatic N) is 3. The number of aromatic nitrogens is 2. The molecule has 8 nitrogen and oxygen atoms in total. The van der Waals surface area contributed by atoms with Crippen molar-refractivity contribution in [1.82, 2.24) is 20.4 Å². The van der Waals surface area contributed by atoms with E-state index in [-0.39, 0.29) is 11.9 Å². The summed E-state index contributed by atoms with van der Waals surface area (Å²) in [6.45, 7) is 5.51. The number of morpholine rings is 1. The van der Waals surface area contributed by atoms with Gasteiger partial charge in [-0.15, -0.1) is 10.2 Å². The summed E-state index contributed by atoms with van der Waals surface area (Å²) in [7, 11) is 1.65. The Labute approximate surface area is 216 Å². The number of rotatable bonds is 8. The van der Waals surface area contributed by atoms with Gasteiger partial charge in [0.05, 0.1) is 26.4 Å². The van der Waals surface area contributed by atoms with E-state index >= 15 is 0 Å². The lowest BCUT2D eigenvalue weighted by molar-refractivity contribution is 0.0162. The van der Waals surface area contributed by atoms with E-state index in [1.165, 1.54) is 0 Å². The summed E-state index contributed by atoms with van der Waals surface area (Å²) in [6, 6.07) is 23.2. The normalized spacial score (nSPS) is 14.8. The molecule has 1 aromatic heterocycles. The van der Waals surface area contributed by atoms with Gasteiger partial charge in [0.2, 0.25) is 11.8 Å². The number of methoxy groups -OCH3 is 1. The molecular weight excluding hydrogens is 468 g/mol. The van der Waals surface area contributed by atoms with Gasteiger partial charge in [-0.1, -0.05) is 29.8 Å². The van der Waals surface area contributed by atoms with Gasteiger partial charge in [-0.3, -0.25) is 9.69 Å². The van der Waals surface area contributed by atoms with Crippen LogP contribution in [0.5, 0.6) is 5.75 Å². The Bertz CT molecular complexity index is 1310. The van der Waals surface area contributed by atoms with Crippen molar-refractivity contribution in [3.8, 4) is 28.7 Å². The van der Waals surface area contributed by atoms with Gasteiger partial charge in [0.15, 0.2) is 0 Å². The average molecular weight is 499 g/mol. The smallest absolute Gasteiger partial charge is 0.251 e. The Morgan fingerprint density at radius 1 is 0.919 bits per heavy atom. The van der Waals surface area contributed by atoms with Gasteiger partial charge in [0.1, 0.15) is 5.75 Å². The van der Waals surface area contributed by atoms with E-state index in [1.807, 2.05) is 55.5 Å². The van der Waals surface area contributed by atoms with Crippen molar-refractivity contribution in [2.75, 3.05) is 40.0 Å². The molecule has 0 spiro atoms. The van der Waals surface area contributed by atoms with Crippen molar-refractivity contribution in [3.63, 3.8) is 0 Å². The van der Waals surface area contributed by atoms with Crippen LogP contribution in [-0.2, 0) is 4.74 Å². The SMILES string of the molecule is COc1ccc([C@H](CNC(=O)c2ccc(-c3nnc(-c4ccc(C)cc4)o3)cc2)N2CCOCC2)cc1. The van der Waals surface area contributed by atoms with Crippen LogP contribution in [0.15, 0.2) is 77.2 Å². The molecule has 37 heavy (non-hydrogen) atoms. The molecular formula is C29H30N4O4. The van der Waals surface area contributed by atoms with E-state index < -0.39 is 0 Å². The fourth-order valence-corrected chi connectivity index (χ4v) is 4.38. The number of carbonyl (C=O) groups is 1. The van der Waals surface area contributed by atoms with E-state index in [1.54, 1.807) is 19.2 Å². The number of ether oxygens (including phenoxy) is 2. The Hall–Kier alpha value is -4.01. The first-order valence-electron chi connectivity index (χ1n) is 12.4. The van der Waals surface area contributed by atoms with E-state index in [4.69, 9.17) is 13.9 Å². The van der Waals surface area contributed by atoms with E-state index in [0.717, 1.165) is 41.1 Å². The molecule has 3 aromatic carbocycles. The van der Waals surface area contributed by atoms with Crippen LogP contribution in [0.25, 0.3) is 22.9 Å². The highest BCUT2D eigenvalue weighted by Crippen LogP contribution is 2.26. The molecule has 1 amide bonds. The van der Waals surface area contributed by atoms with Crippen LogP contribution in [0, 0.1) is 6.92 Å². The zero-order valence-electron chi connectivity index (χ0n) is 21.0. The Kier molecular flexibility index (Phi) is 7.58. The molecule has 1 atom stereocenters. The lowest BCUT2D eigenvalue weighted by Crippen LogP contribution is -2.43. The molecule has 0 aliphatic carbocycles. The van der Waals surface area contributed by atoms with Crippen molar-refractivity contribution in [2.24, 2.45) is 0 Å². The zero-order chi connectivity index (χ0) is 25.6. The lowest BCUT2D eigenvalue weighted by Gasteiger charge is -2.35. The minimum absolute atomic E-state index is 0.0385. The monoisotopic (exact) mass is 498 g/mol. The first-order valence-corrected chi connectivity index (χ1v) is 12.4. The number of amides is 1. The Morgan fingerprint density at radius 3 is 2.11 bits per heavy atom. The zero-order valence-corrected chi connectivity index (χ0v) is 21.0. The summed E-state index contributed by atoms with van der Waals surface area (Å²) in [5, 5.41) is 11.4. The van der Waals surface area contributed by atoms with Gasteiger partial charge in [0.25, 0.3) is 5.91 Å². The number of nitrogens with one attached hydrogen (secondary N) is 1. The van der Waals surface area contributed by atoms with Gasteiger partial charge in [-0.2, -0.15) is 0 Å². The second-order valence-electron chi connectivity index (χ2n) is 9.00. The Balaban J connectivity index is 1.25. The second-order valence-corrected chi connectivity index (χ2v) is 9.00. The Morgan fingerprint density at radius 2 is 1.51 bits per heavy atom. The van der Waals surface area contributed by atoms with Crippen LogP contribution >= 0.6 is 0 Å². The molecule has 0 bridgehead atoms. The number of carbonyl (C=O) groups excluding carboxylic acids is 1. The fraction of sp³-hybridized carbons (Fsp3) is 0.276. The van der Waals surface area contributed by atoms with E-state index in [9.17, 15) is 4.79 Å². The molecule has 1 N–H and O–H groups in total. The molecule has 1 aliphatic rings. The van der Waals surface area contributed by atoms with E-state index in [0.29, 0.717) is 37.1 Å². The minimum atomic E-state index is -0.135. The van der Waals surface area contributed by atoms with Gasteiger partial charge in [0, 0.05) is 36.3 Å². The van der Waals surface area contributed by atoms with Gasteiger partial charge in [-0.25, -0.2) is 0 Å². The third-order valence-corrected chi connectivity index (χ3v) is 6.56. The molecule has 0 saturated carbocycles. The van der Waals surface area contributed by atoms with Crippen LogP contribution < -0.4 is 10.1 Å². The van der Waals surface area contributed by atoms with Crippen LogP contribution in [0.3, 0.4) is 0 Å². The third kappa shape index (κ3) is 5.87. The predicted octanol–water partition coefficient (Wildman–Crippen LogP) is 4.52. The summed E-state index contributed by atoms with van der Waals surface area (Å²) < 4.78 is 16.7. The van der Waals surface area contributed by atoms with Gasteiger partial charge >= 0.3 is 0 Å². The van der Waals surface area contributed by atoms with Crippen LogP contribution in [0.4, 0.5) is 0 Å². The number of hydrogen-bond donors (Lipinski definition) is 1. The highest BCUT2D eigenvalue weighted by molar-refractivity contribution is 5.94. The average Bonchev–Trinajstić information content (AvgIpc) is 3.45. The number of hydrogen-bond acceptors (Lipinski definition) is 7. The highest BCUT2D eigenvalue weighted by atomic mass is 16.5. The van der Waals surface area contributed by atoms with Crippen molar-refractivity contribution in [2.45, 2.75) is 13.0 Å². The maximum atomic E-state index is 13.0. The molecule has 0 radical (unpaired) electrons. The lowest BCUT2D eigenvalue weighted by atomic mass is 10.0. The van der Waals surface area contributed by atoms with Crippen LogP contribution in [-0.4, -0.2) is 61.0 Å². The van der Waals surface area contributed by atoms with Crippen molar-refractivity contribution in [1.29, 1.82) is 0 Å². The number of benzene rings is 3. The standard InChI is InChI=1S/C29H30N4O4/c1-20-3-5-23(6-4-20)28-31-32-29(37-28)24-9-7-22(8-10-24)27(34)30-19-26(33-15-17-36-18-16-33)21-11-13-25(35-2)14-12-21/h3-14,26H,15-19H2,1-2H3,(H,30,34)/t26-/m0/s1. The highest BCUT2D eigenvalue weighted by Gasteiger charge is 2.23. The first-order chi connectivity index (χ1) is 18.1. The maximum Gasteiger partial charge on any atom is 0.251 e. The third-order valence-electron chi connectivity index (χ3n) is 6.56. The summed E-state index contributed by atoms with van der Waals surface area (Å²) in [5.41, 5.74) is 4.48. The quantitative estimate of drug-likeness (QED) is 0.382. The van der Waals surface area contributed by atoms with Crippen molar-refractivity contribution < 1.29 is 18.7 Å². The van der Waals surface area contributed by atoms with Gasteiger partial charge < -0.3 is 19.2 Å². The molecule has 190 valence electrons. The number of aryl methyl sites for hydroxylation is 1. The van der Waals surface area contributed by atoms with Crippen LogP contribution in [0.2, 0.25) is 0 Å². The minimum Gasteiger partial charge on any atom is -0.497 e. The molecule has 1 aliphatic heterocycles. The molecule has 0 unspecified atom stereocenters. The molecule has 2 heterocycles. The van der Waals surface area contributed by atoms with Crippen molar-refractivity contribution >= 4 is 5.91 Å². The van der Waals surface area contributed by atoms with Crippen LogP contribution in [0.1, 0.15) is 27.5 Å². The van der Waals surface area contributed by atoms with E-state index in [2.05, 4.69) is 32.5 Å². The summed E-state index contributed by atoms with van der Waals surface area (Å²) >= 11 is 0. The molecule has 1 saturated heterocycles. The summed E-state index contributed by atoms with van der Waals surface area (Å²) in [5.74, 6) is 1.55. The molecule has 8 heteroatoms. The maximum absolute atomic E-state index is 13.0. The fourth-order valence-electron chi connectivity index (χ4n) is 4.38. The molecule has 5 rings (SSSR count). The molecule has 4 aromatic rings. The topological polar surface area (TPSA) is 89.7 Å². The summed E-state index contributed by atoms with van der Waals surface area (Å²) in [6.07, 6.45) is 0. The molecule has 1 fully saturated rings. The second kappa shape index (κ2) is 11.4. The van der Waals surface area contributed by atoms with Crippen molar-refractivity contribution in [3.05, 3.63) is 89.5 Å². The largest absolute Gasteiger partial charge is 0.497 e. The predicted molar refractivity (Wildman–Crippen MR) is 140 cm³/mol. The first kappa shape index (κ1) is 24.7.